The van der Waals surface area contributed by atoms with Crippen LogP contribution in [0.3, 0.4) is 0 Å². The lowest BCUT2D eigenvalue weighted by atomic mass is 10.00. The molecule has 348 valence electrons. The van der Waals surface area contributed by atoms with Crippen molar-refractivity contribution in [2.24, 2.45) is 19.8 Å². The SMILES string of the molecule is C=CCOC(=O)N1c2cc(OCCCC(O)Nc3cc(C(=O)Nc4ccc(-c5cc(C(=O)NCCN)n(C)c5)cc4)n(C)c3)c(OC)cc2C(=O)N2CCCC[C@H]2C1OC1CCCCO1. The van der Waals surface area contributed by atoms with Crippen LogP contribution >= 0.6 is 0 Å². The summed E-state index contributed by atoms with van der Waals surface area (Å²) in [5.41, 5.74) is 9.78. The van der Waals surface area contributed by atoms with Crippen LogP contribution in [0.15, 0.2) is 73.6 Å². The van der Waals surface area contributed by atoms with Crippen molar-refractivity contribution in [3.8, 4) is 22.6 Å². The lowest BCUT2D eigenvalue weighted by Gasteiger charge is -2.42. The van der Waals surface area contributed by atoms with E-state index in [2.05, 4.69) is 22.5 Å². The number of carbonyl (C=O) groups excluding carboxylic acids is 4. The fourth-order valence-electron chi connectivity index (χ4n) is 8.45. The first-order valence-electron chi connectivity index (χ1n) is 22.2. The van der Waals surface area contributed by atoms with Crippen LogP contribution in [-0.4, -0.2) is 114 Å². The fraction of sp³-hybridized carbons (Fsp3) is 0.447. The quantitative estimate of drug-likeness (QED) is 0.0471. The number of fused-ring (bicyclic) bond motifs is 2. The van der Waals surface area contributed by atoms with Gasteiger partial charge >= 0.3 is 6.09 Å². The molecule has 7 rings (SSSR count). The van der Waals surface area contributed by atoms with E-state index in [4.69, 9.17) is 29.4 Å². The highest BCUT2D eigenvalue weighted by Gasteiger charge is 2.47. The Bertz CT molecular complexity index is 2320. The number of piperidine rings is 1. The van der Waals surface area contributed by atoms with Gasteiger partial charge in [-0.1, -0.05) is 24.8 Å². The third kappa shape index (κ3) is 11.0. The van der Waals surface area contributed by atoms with E-state index in [-0.39, 0.29) is 48.6 Å². The van der Waals surface area contributed by atoms with Crippen LogP contribution in [0.1, 0.15) is 82.7 Å². The summed E-state index contributed by atoms with van der Waals surface area (Å²) in [4.78, 5) is 57.2. The number of amides is 4. The third-order valence-corrected chi connectivity index (χ3v) is 11.7. The predicted octanol–water partition coefficient (Wildman–Crippen LogP) is 5.58. The monoisotopic (exact) mass is 896 g/mol. The average molecular weight is 897 g/mol. The second-order valence-electron chi connectivity index (χ2n) is 16.3. The zero-order valence-electron chi connectivity index (χ0n) is 37.3. The molecule has 0 saturated carbocycles. The van der Waals surface area contributed by atoms with Gasteiger partial charge in [0.25, 0.3) is 17.7 Å². The van der Waals surface area contributed by atoms with Gasteiger partial charge in [0.2, 0.25) is 0 Å². The summed E-state index contributed by atoms with van der Waals surface area (Å²) in [7, 11) is 5.03. The van der Waals surface area contributed by atoms with Gasteiger partial charge in [0.1, 0.15) is 24.2 Å². The summed E-state index contributed by atoms with van der Waals surface area (Å²) >= 11 is 0. The summed E-state index contributed by atoms with van der Waals surface area (Å²) in [6, 6.07) is 13.5. The molecular formula is C47H60N8O10. The van der Waals surface area contributed by atoms with Crippen molar-refractivity contribution >= 4 is 40.9 Å². The van der Waals surface area contributed by atoms with Crippen LogP contribution in [0.2, 0.25) is 0 Å². The summed E-state index contributed by atoms with van der Waals surface area (Å²) in [6.45, 7) is 5.59. The second-order valence-corrected chi connectivity index (χ2v) is 16.3. The van der Waals surface area contributed by atoms with Crippen molar-refractivity contribution in [3.05, 3.63) is 90.5 Å². The second kappa shape index (κ2) is 21.6. The molecule has 4 atom stereocenters. The van der Waals surface area contributed by atoms with Gasteiger partial charge in [-0.05, 0) is 87.3 Å². The first kappa shape index (κ1) is 46.6. The Kier molecular flexibility index (Phi) is 15.5. The number of nitrogens with two attached hydrogens (primary N) is 1. The number of hydrogen-bond acceptors (Lipinski definition) is 12. The molecule has 3 aliphatic rings. The maximum Gasteiger partial charge on any atom is 0.416 e. The first-order chi connectivity index (χ1) is 31.5. The number of carbonyl (C=O) groups is 4. The van der Waals surface area contributed by atoms with Gasteiger partial charge in [-0.3, -0.25) is 14.4 Å². The van der Waals surface area contributed by atoms with Gasteiger partial charge in [-0.15, -0.1) is 0 Å². The van der Waals surface area contributed by atoms with Crippen molar-refractivity contribution in [1.82, 2.24) is 19.4 Å². The van der Waals surface area contributed by atoms with Gasteiger partial charge in [0.05, 0.1) is 36.7 Å². The van der Waals surface area contributed by atoms with Gasteiger partial charge in [0.15, 0.2) is 24.0 Å². The molecule has 6 N–H and O–H groups in total. The molecule has 0 radical (unpaired) electrons. The molecule has 2 fully saturated rings. The molecule has 0 bridgehead atoms. The number of aliphatic hydroxyl groups is 1. The smallest absolute Gasteiger partial charge is 0.416 e. The molecule has 2 aromatic carbocycles. The van der Waals surface area contributed by atoms with E-state index in [1.54, 1.807) is 70.7 Å². The number of aryl methyl sites for hydroxylation is 2. The standard InChI is InChI=1S/C47H60N8O10/c1-5-21-64-47(60)55-36-27-40(39(61-4)26-34(36)45(59)54-20-8-6-11-35(54)46(55)65-42-13-7-9-22-63-42)62-23-10-12-41(56)50-33-25-38(53(3)29-33)44(58)51-32-16-14-30(15-17-32)31-24-37(52(2)28-31)43(57)49-19-18-48/h5,14-17,24-29,35,41-42,46,50,56H,1,6-13,18-23,48H2,2-4H3,(H,49,57)(H,51,58)/t35-,41?,42?,46?/m0/s1. The minimum Gasteiger partial charge on any atom is -0.493 e. The number of nitrogens with zero attached hydrogens (tertiary/aromatic N) is 4. The van der Waals surface area contributed by atoms with Crippen LogP contribution < -0.4 is 36.1 Å². The largest absolute Gasteiger partial charge is 0.493 e. The topological polar surface area (TPSA) is 213 Å². The Morgan fingerprint density at radius 2 is 1.72 bits per heavy atom. The number of benzene rings is 2. The van der Waals surface area contributed by atoms with E-state index in [1.807, 2.05) is 18.3 Å². The molecule has 0 spiro atoms. The van der Waals surface area contributed by atoms with Crippen molar-refractivity contribution in [1.29, 1.82) is 0 Å². The number of aromatic nitrogens is 2. The maximum atomic E-state index is 14.3. The maximum absolute atomic E-state index is 14.3. The molecule has 18 nitrogen and oxygen atoms in total. The summed E-state index contributed by atoms with van der Waals surface area (Å²) in [5, 5.41) is 19.7. The minimum absolute atomic E-state index is 0.0422. The van der Waals surface area contributed by atoms with E-state index in [1.165, 1.54) is 18.1 Å². The van der Waals surface area contributed by atoms with Crippen molar-refractivity contribution in [2.45, 2.75) is 76.2 Å². The number of methoxy groups -OCH3 is 1. The zero-order valence-corrected chi connectivity index (χ0v) is 37.3. The molecule has 2 saturated heterocycles. The average Bonchev–Trinajstić information content (AvgIpc) is 3.87. The molecule has 4 amide bonds. The number of aliphatic hydroxyl groups excluding tert-OH is 1. The lowest BCUT2D eigenvalue weighted by Crippen LogP contribution is -2.57. The first-order valence-corrected chi connectivity index (χ1v) is 22.2. The Balaban J connectivity index is 0.980. The zero-order chi connectivity index (χ0) is 46.0. The molecule has 5 heterocycles. The van der Waals surface area contributed by atoms with Gasteiger partial charge in [-0.2, -0.15) is 0 Å². The number of nitrogens with one attached hydrogen (secondary N) is 3. The lowest BCUT2D eigenvalue weighted by molar-refractivity contribution is -0.198. The van der Waals surface area contributed by atoms with Gasteiger partial charge in [0, 0.05) is 70.0 Å². The van der Waals surface area contributed by atoms with Crippen LogP contribution in [-0.2, 0) is 28.3 Å². The number of ether oxygens (including phenoxy) is 5. The third-order valence-electron chi connectivity index (χ3n) is 11.7. The Hall–Kier alpha value is -6.34. The van der Waals surface area contributed by atoms with E-state index < -0.39 is 30.9 Å². The van der Waals surface area contributed by atoms with E-state index in [9.17, 15) is 24.3 Å². The van der Waals surface area contributed by atoms with Crippen molar-refractivity contribution < 1.29 is 48.0 Å². The number of anilines is 3. The number of hydrogen-bond donors (Lipinski definition) is 5. The molecule has 4 aromatic rings. The van der Waals surface area contributed by atoms with Crippen LogP contribution in [0, 0.1) is 0 Å². The predicted molar refractivity (Wildman–Crippen MR) is 244 cm³/mol. The van der Waals surface area contributed by atoms with Crippen molar-refractivity contribution in [3.63, 3.8) is 0 Å². The van der Waals surface area contributed by atoms with E-state index in [0.29, 0.717) is 79.8 Å². The Morgan fingerprint density at radius 1 is 0.954 bits per heavy atom. The summed E-state index contributed by atoms with van der Waals surface area (Å²) in [5.74, 6) is -0.192. The summed E-state index contributed by atoms with van der Waals surface area (Å²) < 4.78 is 33.5. The van der Waals surface area contributed by atoms with Crippen LogP contribution in [0.4, 0.5) is 21.9 Å². The molecule has 2 aromatic heterocycles. The Labute approximate surface area is 378 Å². The van der Waals surface area contributed by atoms with Crippen molar-refractivity contribution in [2.75, 3.05) is 62.1 Å². The highest BCUT2D eigenvalue weighted by molar-refractivity contribution is 6.06. The van der Waals surface area contributed by atoms with Crippen LogP contribution in [0.25, 0.3) is 11.1 Å². The molecule has 65 heavy (non-hydrogen) atoms. The normalized spacial score (nSPS) is 18.7. The molecule has 3 unspecified atom stereocenters. The Morgan fingerprint density at radius 3 is 2.46 bits per heavy atom. The fourth-order valence-corrected chi connectivity index (χ4v) is 8.45. The van der Waals surface area contributed by atoms with Gasteiger partial charge in [-0.25, -0.2) is 9.69 Å². The minimum atomic E-state index is -0.978. The molecule has 3 aliphatic heterocycles. The highest BCUT2D eigenvalue weighted by atomic mass is 16.7. The highest BCUT2D eigenvalue weighted by Crippen LogP contribution is 2.42. The number of rotatable bonds is 18. The van der Waals surface area contributed by atoms with Crippen LogP contribution in [0.5, 0.6) is 11.5 Å². The van der Waals surface area contributed by atoms with E-state index in [0.717, 1.165) is 36.8 Å². The van der Waals surface area contributed by atoms with E-state index >= 15 is 0 Å². The molecule has 18 heteroatoms. The molecule has 0 aliphatic carbocycles. The molecular weight excluding hydrogens is 837 g/mol. The summed E-state index contributed by atoms with van der Waals surface area (Å²) in [6.07, 6.45) is 7.43. The van der Waals surface area contributed by atoms with Gasteiger partial charge < -0.3 is 64.5 Å².